The van der Waals surface area contributed by atoms with Gasteiger partial charge in [0.1, 0.15) is 11.5 Å². The van der Waals surface area contributed by atoms with Crippen molar-refractivity contribution in [3.63, 3.8) is 0 Å². The Kier molecular flexibility index (Phi) is 3.08. The van der Waals surface area contributed by atoms with E-state index in [1.165, 1.54) is 6.07 Å². The van der Waals surface area contributed by atoms with Crippen molar-refractivity contribution < 1.29 is 4.39 Å². The zero-order valence-electron chi connectivity index (χ0n) is 9.98. The van der Waals surface area contributed by atoms with Gasteiger partial charge in [-0.15, -0.1) is 0 Å². The molecule has 0 spiro atoms. The molecule has 3 aromatic rings. The fourth-order valence-corrected chi connectivity index (χ4v) is 2.34. The van der Waals surface area contributed by atoms with Crippen molar-refractivity contribution in [3.8, 4) is 11.3 Å². The number of benzene rings is 1. The predicted molar refractivity (Wildman–Crippen MR) is 76.2 cm³/mol. The third kappa shape index (κ3) is 2.27. The molecule has 0 atom stereocenters. The van der Waals surface area contributed by atoms with Crippen LogP contribution in [0.4, 0.5) is 4.39 Å². The highest BCUT2D eigenvalue weighted by atomic mass is 79.9. The molecule has 0 saturated carbocycles. The Morgan fingerprint density at radius 3 is 2.89 bits per heavy atom. The highest BCUT2D eigenvalue weighted by Gasteiger charge is 2.10. The van der Waals surface area contributed by atoms with Gasteiger partial charge >= 0.3 is 0 Å². The molecule has 19 heavy (non-hydrogen) atoms. The molecule has 5 heteroatoms. The molecule has 2 heterocycles. The number of rotatable bonds is 2. The van der Waals surface area contributed by atoms with Crippen molar-refractivity contribution in [1.29, 1.82) is 0 Å². The maximum Gasteiger partial charge on any atom is 0.137 e. The Bertz CT molecular complexity index is 752. The van der Waals surface area contributed by atoms with Crippen LogP contribution >= 0.6 is 15.9 Å². The molecular weight excluding hydrogens is 309 g/mol. The lowest BCUT2D eigenvalue weighted by atomic mass is 10.1. The zero-order valence-corrected chi connectivity index (χ0v) is 11.6. The lowest BCUT2D eigenvalue weighted by Crippen LogP contribution is -1.96. The lowest BCUT2D eigenvalue weighted by Gasteiger charge is -1.99. The molecular formula is C14H11BrFN3. The molecule has 0 bridgehead atoms. The molecule has 2 N–H and O–H groups in total. The van der Waals surface area contributed by atoms with E-state index < -0.39 is 0 Å². The number of nitrogens with two attached hydrogens (primary N) is 1. The summed E-state index contributed by atoms with van der Waals surface area (Å²) in [5.74, 6) is -0.286. The molecule has 0 saturated heterocycles. The molecule has 3 rings (SSSR count). The van der Waals surface area contributed by atoms with Crippen LogP contribution in [0.1, 0.15) is 5.56 Å². The van der Waals surface area contributed by atoms with Gasteiger partial charge in [-0.3, -0.25) is 0 Å². The first-order valence-corrected chi connectivity index (χ1v) is 6.60. The molecule has 96 valence electrons. The summed E-state index contributed by atoms with van der Waals surface area (Å²) in [7, 11) is 0. The maximum atomic E-state index is 13.8. The zero-order chi connectivity index (χ0) is 13.4. The predicted octanol–water partition coefficient (Wildman–Crippen LogP) is 3.36. The van der Waals surface area contributed by atoms with E-state index >= 15 is 0 Å². The summed E-state index contributed by atoms with van der Waals surface area (Å²) in [6.07, 6.45) is 3.68. The van der Waals surface area contributed by atoms with Gasteiger partial charge in [0, 0.05) is 29.0 Å². The Morgan fingerprint density at radius 2 is 2.11 bits per heavy atom. The number of nitrogens with zero attached hydrogens (tertiary/aromatic N) is 2. The van der Waals surface area contributed by atoms with E-state index in [2.05, 4.69) is 20.9 Å². The van der Waals surface area contributed by atoms with Crippen molar-refractivity contribution >= 4 is 21.6 Å². The second kappa shape index (κ2) is 4.75. The van der Waals surface area contributed by atoms with Crippen LogP contribution in [0, 0.1) is 5.82 Å². The van der Waals surface area contributed by atoms with Crippen molar-refractivity contribution in [3.05, 3.63) is 58.6 Å². The minimum atomic E-state index is -0.286. The molecule has 1 aromatic carbocycles. The number of hydrogen-bond acceptors (Lipinski definition) is 2. The number of imidazole rings is 1. The summed E-state index contributed by atoms with van der Waals surface area (Å²) in [6, 6.07) is 8.64. The fourth-order valence-electron chi connectivity index (χ4n) is 1.97. The first-order chi connectivity index (χ1) is 9.17. The van der Waals surface area contributed by atoms with Crippen LogP contribution in [-0.2, 0) is 6.54 Å². The molecule has 3 nitrogen and oxygen atoms in total. The van der Waals surface area contributed by atoms with Crippen LogP contribution in [0.15, 0.2) is 47.2 Å². The van der Waals surface area contributed by atoms with Crippen molar-refractivity contribution in [2.24, 2.45) is 5.73 Å². The van der Waals surface area contributed by atoms with E-state index in [4.69, 9.17) is 5.73 Å². The van der Waals surface area contributed by atoms with Crippen molar-refractivity contribution in [2.45, 2.75) is 6.54 Å². The number of aromatic nitrogens is 2. The molecule has 0 aliphatic heterocycles. The second-order valence-corrected chi connectivity index (χ2v) is 5.17. The van der Waals surface area contributed by atoms with E-state index in [1.807, 2.05) is 22.7 Å². The quantitative estimate of drug-likeness (QED) is 0.787. The van der Waals surface area contributed by atoms with Crippen molar-refractivity contribution in [1.82, 2.24) is 9.38 Å². The highest BCUT2D eigenvalue weighted by molar-refractivity contribution is 9.10. The fraction of sp³-hybridized carbons (Fsp3) is 0.0714. The van der Waals surface area contributed by atoms with Crippen LogP contribution in [0.5, 0.6) is 0 Å². The van der Waals surface area contributed by atoms with Crippen molar-refractivity contribution in [2.75, 3.05) is 0 Å². The van der Waals surface area contributed by atoms with E-state index in [0.717, 1.165) is 15.7 Å². The van der Waals surface area contributed by atoms with E-state index in [-0.39, 0.29) is 5.82 Å². The van der Waals surface area contributed by atoms with Gasteiger partial charge in [-0.25, -0.2) is 9.37 Å². The van der Waals surface area contributed by atoms with Crippen LogP contribution < -0.4 is 5.73 Å². The monoisotopic (exact) mass is 319 g/mol. The van der Waals surface area contributed by atoms with Gasteiger partial charge in [0.2, 0.25) is 0 Å². The highest BCUT2D eigenvalue weighted by Crippen LogP contribution is 2.26. The summed E-state index contributed by atoms with van der Waals surface area (Å²) >= 11 is 3.34. The summed E-state index contributed by atoms with van der Waals surface area (Å²) in [4.78, 5) is 4.44. The topological polar surface area (TPSA) is 43.3 Å². The second-order valence-electron chi connectivity index (χ2n) is 4.25. The third-order valence-corrected chi connectivity index (χ3v) is 3.46. The van der Waals surface area contributed by atoms with Gasteiger partial charge in [-0.2, -0.15) is 0 Å². The molecule has 0 aliphatic rings. The largest absolute Gasteiger partial charge is 0.326 e. The number of halogens is 2. The standard InChI is InChI=1S/C14H11BrFN3/c15-10-1-2-12(16)11(6-10)13-8-19-4-3-9(7-17)5-14(19)18-13/h1-6,8H,7,17H2. The molecule has 0 fully saturated rings. The van der Waals surface area contributed by atoms with Gasteiger partial charge in [0.05, 0.1) is 5.69 Å². The smallest absolute Gasteiger partial charge is 0.137 e. The Balaban J connectivity index is 2.17. The Hall–Kier alpha value is -1.72. The number of hydrogen-bond donors (Lipinski definition) is 1. The normalized spacial score (nSPS) is 11.1. The average Bonchev–Trinajstić information content (AvgIpc) is 2.83. The Morgan fingerprint density at radius 1 is 1.26 bits per heavy atom. The van der Waals surface area contributed by atoms with Crippen LogP contribution in [0.25, 0.3) is 16.9 Å². The van der Waals surface area contributed by atoms with Gasteiger partial charge in [0.25, 0.3) is 0 Å². The summed E-state index contributed by atoms with van der Waals surface area (Å²) < 4.78 is 16.5. The maximum absolute atomic E-state index is 13.8. The summed E-state index contributed by atoms with van der Waals surface area (Å²) in [5, 5.41) is 0. The van der Waals surface area contributed by atoms with Crippen LogP contribution in [0.3, 0.4) is 0 Å². The number of pyridine rings is 1. The molecule has 0 aliphatic carbocycles. The summed E-state index contributed by atoms with van der Waals surface area (Å²) in [5.41, 5.74) is 8.44. The Labute approximate surface area is 118 Å². The van der Waals surface area contributed by atoms with E-state index in [9.17, 15) is 4.39 Å². The van der Waals surface area contributed by atoms with E-state index in [1.54, 1.807) is 18.3 Å². The summed E-state index contributed by atoms with van der Waals surface area (Å²) in [6.45, 7) is 0.462. The minimum Gasteiger partial charge on any atom is -0.326 e. The number of fused-ring (bicyclic) bond motifs is 1. The van der Waals surface area contributed by atoms with Gasteiger partial charge < -0.3 is 10.1 Å². The SMILES string of the molecule is NCc1ccn2cc(-c3cc(Br)ccc3F)nc2c1. The molecule has 0 unspecified atom stereocenters. The van der Waals surface area contributed by atoms with Crippen LogP contribution in [0.2, 0.25) is 0 Å². The molecule has 0 amide bonds. The first kappa shape index (κ1) is 12.3. The minimum absolute atomic E-state index is 0.286. The molecule has 2 aromatic heterocycles. The van der Waals surface area contributed by atoms with Gasteiger partial charge in [-0.05, 0) is 35.9 Å². The van der Waals surface area contributed by atoms with Crippen LogP contribution in [-0.4, -0.2) is 9.38 Å². The third-order valence-electron chi connectivity index (χ3n) is 2.96. The van der Waals surface area contributed by atoms with Gasteiger partial charge in [0.15, 0.2) is 0 Å². The average molecular weight is 320 g/mol. The molecule has 0 radical (unpaired) electrons. The van der Waals surface area contributed by atoms with E-state index in [0.29, 0.717) is 17.8 Å². The first-order valence-electron chi connectivity index (χ1n) is 5.80. The van der Waals surface area contributed by atoms with Gasteiger partial charge in [-0.1, -0.05) is 15.9 Å². The lowest BCUT2D eigenvalue weighted by molar-refractivity contribution is 0.630.